The van der Waals surface area contributed by atoms with Crippen molar-refractivity contribution >= 4 is 11.6 Å². The van der Waals surface area contributed by atoms with E-state index in [1.807, 2.05) is 6.07 Å². The van der Waals surface area contributed by atoms with Gasteiger partial charge < -0.3 is 5.11 Å². The molecule has 1 unspecified atom stereocenters. The molecule has 78 valence electrons. The number of aromatic nitrogens is 2. The topological polar surface area (TPSA) is 51.4 Å². The van der Waals surface area contributed by atoms with Crippen LogP contribution in [0, 0.1) is 11.6 Å². The molecule has 1 aromatic heterocycles. The molecule has 2 heterocycles. The number of hydrogen-bond donors (Lipinski definition) is 1. The summed E-state index contributed by atoms with van der Waals surface area (Å²) in [4.78, 5) is 4.55. The fourth-order valence-corrected chi connectivity index (χ4v) is 2.13. The van der Waals surface area contributed by atoms with Crippen LogP contribution in [0.1, 0.15) is 12.8 Å². The second-order valence-electron chi connectivity index (χ2n) is 3.99. The normalized spacial score (nSPS) is 23.9. The molecule has 1 aliphatic carbocycles. The molecule has 0 amide bonds. The predicted octanol–water partition coefficient (Wildman–Crippen LogP) is -0.193. The van der Waals surface area contributed by atoms with Gasteiger partial charge in [-0.3, -0.25) is 0 Å². The molecule has 15 heavy (non-hydrogen) atoms. The maximum atomic E-state index is 9.35. The largest absolute Gasteiger partial charge is 0.388 e. The van der Waals surface area contributed by atoms with Crippen LogP contribution in [-0.2, 0) is 0 Å². The van der Waals surface area contributed by atoms with Crippen LogP contribution >= 0.6 is 11.6 Å². The molecule has 4 nitrogen and oxygen atoms in total. The Morgan fingerprint density at radius 1 is 1.47 bits per heavy atom. The molecule has 0 spiro atoms. The van der Waals surface area contributed by atoms with Crippen molar-refractivity contribution in [1.82, 2.24) is 5.10 Å². The van der Waals surface area contributed by atoms with Crippen LogP contribution in [0.2, 0.25) is 5.15 Å². The van der Waals surface area contributed by atoms with E-state index in [0.29, 0.717) is 11.1 Å². The second-order valence-corrected chi connectivity index (χ2v) is 4.37. The van der Waals surface area contributed by atoms with Crippen molar-refractivity contribution in [3.8, 4) is 0 Å². The second kappa shape index (κ2) is 3.25. The highest BCUT2D eigenvalue weighted by atomic mass is 35.5. The molecule has 1 N–H and O–H groups in total. The Kier molecular flexibility index (Phi) is 2.00. The van der Waals surface area contributed by atoms with Gasteiger partial charge in [0.25, 0.3) is 0 Å². The molecule has 1 fully saturated rings. The van der Waals surface area contributed by atoms with Gasteiger partial charge in [0.05, 0.1) is 0 Å². The van der Waals surface area contributed by atoms with Crippen LogP contribution < -0.4 is 9.85 Å². The highest BCUT2D eigenvalue weighted by Crippen LogP contribution is 2.36. The van der Waals surface area contributed by atoms with Gasteiger partial charge in [-0.1, -0.05) is 26.0 Å². The molecule has 0 aromatic carbocycles. The molecule has 1 atom stereocenters. The van der Waals surface area contributed by atoms with E-state index in [-0.39, 0.29) is 12.6 Å². The van der Waals surface area contributed by atoms with Gasteiger partial charge in [0.2, 0.25) is 6.04 Å². The first-order valence-electron chi connectivity index (χ1n) is 5.06. The minimum atomic E-state index is -0.00429. The summed E-state index contributed by atoms with van der Waals surface area (Å²) in [6.45, 7) is -0.00429. The SMILES string of the molecule is OCC1=[n+]2nc(Cl)ccc2=NC1C1CC1. The Morgan fingerprint density at radius 2 is 2.27 bits per heavy atom. The average molecular weight is 225 g/mol. The van der Waals surface area contributed by atoms with E-state index >= 15 is 0 Å². The monoisotopic (exact) mass is 224 g/mol. The molecule has 1 saturated carbocycles. The van der Waals surface area contributed by atoms with Crippen molar-refractivity contribution in [2.24, 2.45) is 10.9 Å². The smallest absolute Gasteiger partial charge is 0.343 e. The van der Waals surface area contributed by atoms with Gasteiger partial charge in [0, 0.05) is 12.0 Å². The van der Waals surface area contributed by atoms with Gasteiger partial charge >= 0.3 is 5.49 Å². The summed E-state index contributed by atoms with van der Waals surface area (Å²) in [6, 6.07) is 3.68. The standard InChI is InChI=1S/C10H11ClN3O/c11-8-3-4-9-12-10(6-1-2-6)7(5-15)14(9)13-8/h3-4,6,10,15H,1-2,5H2/q+1. The number of aliphatic hydroxyl groups excluding tert-OH is 1. The lowest BCUT2D eigenvalue weighted by molar-refractivity contribution is -0.604. The van der Waals surface area contributed by atoms with Gasteiger partial charge in [-0.2, -0.15) is 0 Å². The summed E-state index contributed by atoms with van der Waals surface area (Å²) in [5.41, 5.74) is 1.65. The first kappa shape index (κ1) is 9.24. The summed E-state index contributed by atoms with van der Waals surface area (Å²) in [5.74, 6) is 0.590. The Bertz CT molecular complexity index is 524. The highest BCUT2D eigenvalue weighted by molar-refractivity contribution is 6.29. The van der Waals surface area contributed by atoms with E-state index in [1.165, 1.54) is 12.8 Å². The summed E-state index contributed by atoms with van der Waals surface area (Å²) in [5, 5.41) is 13.9. The van der Waals surface area contributed by atoms with E-state index in [1.54, 1.807) is 10.4 Å². The van der Waals surface area contributed by atoms with Gasteiger partial charge in [0.1, 0.15) is 6.61 Å². The molecule has 0 bridgehead atoms. The van der Waals surface area contributed by atoms with E-state index in [4.69, 9.17) is 11.6 Å². The summed E-state index contributed by atoms with van der Waals surface area (Å²) in [7, 11) is 0. The van der Waals surface area contributed by atoms with Gasteiger partial charge in [0.15, 0.2) is 10.9 Å². The molecule has 5 heteroatoms. The number of halogens is 1. The van der Waals surface area contributed by atoms with E-state index in [2.05, 4.69) is 10.1 Å². The number of aliphatic hydroxyl groups is 1. The van der Waals surface area contributed by atoms with Gasteiger partial charge in [-0.05, 0) is 18.9 Å². The van der Waals surface area contributed by atoms with Crippen LogP contribution in [0.25, 0.3) is 0 Å². The van der Waals surface area contributed by atoms with Gasteiger partial charge in [-0.15, -0.1) is 0 Å². The van der Waals surface area contributed by atoms with E-state index in [0.717, 1.165) is 11.2 Å². The molecular weight excluding hydrogens is 214 g/mol. The number of rotatable bonds is 2. The zero-order valence-corrected chi connectivity index (χ0v) is 8.85. The van der Waals surface area contributed by atoms with Crippen molar-refractivity contribution in [2.45, 2.75) is 18.9 Å². The fourth-order valence-electron chi connectivity index (χ4n) is 2.00. The lowest BCUT2D eigenvalue weighted by Crippen LogP contribution is -2.42. The van der Waals surface area contributed by atoms with Crippen LogP contribution in [-0.4, -0.2) is 22.9 Å². The maximum Gasteiger partial charge on any atom is 0.343 e. The third-order valence-corrected chi connectivity index (χ3v) is 3.10. The fraction of sp³-hybridized carbons (Fsp3) is 0.500. The van der Waals surface area contributed by atoms with Crippen molar-refractivity contribution in [1.29, 1.82) is 0 Å². The van der Waals surface area contributed by atoms with Crippen molar-refractivity contribution in [3.05, 3.63) is 28.5 Å². The summed E-state index contributed by atoms with van der Waals surface area (Å²) in [6.07, 6.45) is 2.39. The Morgan fingerprint density at radius 3 is 2.93 bits per heavy atom. The number of fused-ring (bicyclic) bond motifs is 1. The van der Waals surface area contributed by atoms with Crippen molar-refractivity contribution < 1.29 is 9.46 Å². The molecule has 3 rings (SSSR count). The van der Waals surface area contributed by atoms with Crippen LogP contribution in [0.5, 0.6) is 0 Å². The maximum absolute atomic E-state index is 9.35. The van der Waals surface area contributed by atoms with Crippen LogP contribution in [0.15, 0.2) is 17.1 Å². The lowest BCUT2D eigenvalue weighted by atomic mass is 10.1. The molecular formula is C10H11ClN3O+. The first-order valence-corrected chi connectivity index (χ1v) is 5.44. The number of hydrogen-bond acceptors (Lipinski definition) is 3. The lowest BCUT2D eigenvalue weighted by Gasteiger charge is -1.98. The van der Waals surface area contributed by atoms with Crippen LogP contribution in [0.4, 0.5) is 0 Å². The number of nitrogens with zero attached hydrogens (tertiary/aromatic N) is 3. The Balaban J connectivity index is 2.22. The quantitative estimate of drug-likeness (QED) is 0.708. The third kappa shape index (κ3) is 1.44. The first-order chi connectivity index (χ1) is 7.29. The minimum Gasteiger partial charge on any atom is -0.388 e. The molecule has 0 saturated heterocycles. The molecule has 1 aliphatic heterocycles. The van der Waals surface area contributed by atoms with Gasteiger partial charge in [-0.25, -0.2) is 0 Å². The van der Waals surface area contributed by atoms with Crippen molar-refractivity contribution in [2.75, 3.05) is 6.61 Å². The zero-order valence-electron chi connectivity index (χ0n) is 8.10. The summed E-state index contributed by atoms with van der Waals surface area (Å²) < 4.78 is 1.67. The molecule has 1 aromatic rings. The predicted molar refractivity (Wildman–Crippen MR) is 52.8 cm³/mol. The molecule has 2 aliphatic rings. The zero-order chi connectivity index (χ0) is 10.4. The van der Waals surface area contributed by atoms with E-state index in [9.17, 15) is 5.11 Å². The Hall–Kier alpha value is -1.00. The Labute approximate surface area is 91.6 Å². The average Bonchev–Trinajstić information content (AvgIpc) is 3.00. The van der Waals surface area contributed by atoms with Crippen LogP contribution in [0.3, 0.4) is 0 Å². The molecule has 0 radical (unpaired) electrons. The highest BCUT2D eigenvalue weighted by Gasteiger charge is 2.43. The van der Waals surface area contributed by atoms with Crippen molar-refractivity contribution in [3.63, 3.8) is 0 Å². The minimum absolute atomic E-state index is 0.00429. The van der Waals surface area contributed by atoms with E-state index < -0.39 is 0 Å². The summed E-state index contributed by atoms with van der Waals surface area (Å²) >= 11 is 5.82. The third-order valence-electron chi connectivity index (χ3n) is 2.90.